The Morgan fingerprint density at radius 2 is 2.15 bits per heavy atom. The van der Waals surface area contributed by atoms with Crippen molar-refractivity contribution in [3.05, 3.63) is 50.6 Å². The number of hydrogen-bond acceptors (Lipinski definition) is 3. The number of halogens is 1. The highest BCUT2D eigenvalue weighted by atomic mass is 79.9. The van der Waals surface area contributed by atoms with Gasteiger partial charge in [0.15, 0.2) is 0 Å². The van der Waals surface area contributed by atoms with Crippen LogP contribution in [0.1, 0.15) is 24.3 Å². The first kappa shape index (κ1) is 15.5. The van der Waals surface area contributed by atoms with Crippen LogP contribution in [0, 0.1) is 0 Å². The van der Waals surface area contributed by atoms with Gasteiger partial charge in [-0.2, -0.15) is 0 Å². The summed E-state index contributed by atoms with van der Waals surface area (Å²) in [4.78, 5) is 1.36. The van der Waals surface area contributed by atoms with E-state index in [1.807, 2.05) is 6.07 Å². The second kappa shape index (κ2) is 7.81. The van der Waals surface area contributed by atoms with Crippen LogP contribution in [-0.2, 0) is 13.0 Å². The minimum atomic E-state index is 0.477. The Balaban J connectivity index is 1.89. The first-order valence-corrected chi connectivity index (χ1v) is 8.49. The predicted octanol–water partition coefficient (Wildman–Crippen LogP) is 4.63. The molecule has 0 spiro atoms. The van der Waals surface area contributed by atoms with Crippen molar-refractivity contribution in [2.75, 3.05) is 6.61 Å². The van der Waals surface area contributed by atoms with E-state index in [1.54, 1.807) is 11.3 Å². The molecule has 0 aliphatic rings. The summed E-state index contributed by atoms with van der Waals surface area (Å²) in [5.41, 5.74) is 1.23. The van der Waals surface area contributed by atoms with Gasteiger partial charge in [0.25, 0.3) is 0 Å². The molecule has 0 atom stereocenters. The van der Waals surface area contributed by atoms with Crippen molar-refractivity contribution in [1.29, 1.82) is 0 Å². The van der Waals surface area contributed by atoms with Crippen LogP contribution in [0.3, 0.4) is 0 Å². The molecule has 1 heterocycles. The van der Waals surface area contributed by atoms with E-state index in [0.717, 1.165) is 29.8 Å². The van der Waals surface area contributed by atoms with Crippen molar-refractivity contribution in [3.8, 4) is 5.75 Å². The lowest BCUT2D eigenvalue weighted by atomic mass is 10.2. The molecule has 1 N–H and O–H groups in total. The first-order valence-electron chi connectivity index (χ1n) is 6.82. The smallest absolute Gasteiger partial charge is 0.119 e. The molecule has 1 aromatic carbocycles. The van der Waals surface area contributed by atoms with Crippen LogP contribution in [0.4, 0.5) is 0 Å². The van der Waals surface area contributed by atoms with Crippen LogP contribution >= 0.6 is 27.3 Å². The van der Waals surface area contributed by atoms with Crippen molar-refractivity contribution >= 4 is 27.3 Å². The molecule has 108 valence electrons. The Bertz CT molecular complexity index is 525. The Morgan fingerprint density at radius 3 is 2.85 bits per heavy atom. The molecule has 0 unspecified atom stereocenters. The van der Waals surface area contributed by atoms with Crippen LogP contribution in [-0.4, -0.2) is 12.6 Å². The van der Waals surface area contributed by atoms with Crippen molar-refractivity contribution in [2.45, 2.75) is 32.9 Å². The minimum absolute atomic E-state index is 0.477. The van der Waals surface area contributed by atoms with Crippen molar-refractivity contribution < 1.29 is 4.74 Å². The van der Waals surface area contributed by atoms with E-state index in [2.05, 4.69) is 64.7 Å². The van der Waals surface area contributed by atoms with Gasteiger partial charge in [-0.05, 0) is 35.2 Å². The normalized spacial score (nSPS) is 11.0. The summed E-state index contributed by atoms with van der Waals surface area (Å²) in [7, 11) is 0. The number of ether oxygens (including phenoxy) is 1. The summed E-state index contributed by atoms with van der Waals surface area (Å²) in [6.45, 7) is 5.87. The topological polar surface area (TPSA) is 21.3 Å². The van der Waals surface area contributed by atoms with Gasteiger partial charge in [-0.3, -0.25) is 0 Å². The van der Waals surface area contributed by atoms with Crippen molar-refractivity contribution in [2.24, 2.45) is 0 Å². The van der Waals surface area contributed by atoms with Crippen LogP contribution in [0.5, 0.6) is 5.75 Å². The summed E-state index contributed by atoms with van der Waals surface area (Å²) < 4.78 is 6.96. The zero-order valence-corrected chi connectivity index (χ0v) is 14.3. The fourth-order valence-corrected chi connectivity index (χ4v) is 2.89. The zero-order valence-electron chi connectivity index (χ0n) is 11.9. The monoisotopic (exact) mass is 353 g/mol. The fourth-order valence-electron chi connectivity index (χ4n) is 1.81. The summed E-state index contributed by atoms with van der Waals surface area (Å²) in [5.74, 6) is 0.935. The second-order valence-corrected chi connectivity index (χ2v) is 6.85. The van der Waals surface area contributed by atoms with E-state index in [9.17, 15) is 0 Å². The Hall–Kier alpha value is -0.840. The molecule has 2 nitrogen and oxygen atoms in total. The molecular formula is C16H20BrNOS. The van der Waals surface area contributed by atoms with Crippen molar-refractivity contribution in [3.63, 3.8) is 0 Å². The highest BCUT2D eigenvalue weighted by Crippen LogP contribution is 2.23. The minimum Gasteiger partial charge on any atom is -0.493 e. The first-order chi connectivity index (χ1) is 9.65. The molecule has 2 rings (SSSR count). The second-order valence-electron chi connectivity index (χ2n) is 4.97. The summed E-state index contributed by atoms with van der Waals surface area (Å²) in [6.07, 6.45) is 0.966. The van der Waals surface area contributed by atoms with Crippen molar-refractivity contribution in [1.82, 2.24) is 5.32 Å². The van der Waals surface area contributed by atoms with Crippen LogP contribution in [0.15, 0.2) is 40.2 Å². The predicted molar refractivity (Wildman–Crippen MR) is 89.6 cm³/mol. The third-order valence-corrected chi connectivity index (χ3v) is 4.63. The number of nitrogens with one attached hydrogen (secondary N) is 1. The third kappa shape index (κ3) is 4.93. The summed E-state index contributed by atoms with van der Waals surface area (Å²) >= 11 is 5.36. The van der Waals surface area contributed by atoms with Gasteiger partial charge < -0.3 is 10.1 Å². The molecule has 0 saturated heterocycles. The van der Waals surface area contributed by atoms with Crippen LogP contribution < -0.4 is 10.1 Å². The molecule has 0 aliphatic heterocycles. The Morgan fingerprint density at radius 1 is 1.30 bits per heavy atom. The van der Waals surface area contributed by atoms with Gasteiger partial charge in [-0.25, -0.2) is 0 Å². The number of benzene rings is 1. The summed E-state index contributed by atoms with van der Waals surface area (Å²) in [5, 5.41) is 5.53. The maximum Gasteiger partial charge on any atom is 0.119 e. The van der Waals surface area contributed by atoms with E-state index in [4.69, 9.17) is 4.74 Å². The lowest BCUT2D eigenvalue weighted by Gasteiger charge is -2.12. The number of rotatable bonds is 7. The maximum atomic E-state index is 5.84. The fraction of sp³-hybridized carbons (Fsp3) is 0.375. The molecule has 0 amide bonds. The lowest BCUT2D eigenvalue weighted by Crippen LogP contribution is -2.22. The van der Waals surface area contributed by atoms with Gasteiger partial charge in [0.1, 0.15) is 5.75 Å². The van der Waals surface area contributed by atoms with Gasteiger partial charge in [0, 0.05) is 28.4 Å². The molecule has 0 saturated carbocycles. The Labute approximate surface area is 133 Å². The molecule has 0 aliphatic carbocycles. The standard InChI is InChI=1S/C16H20BrNOS/c1-12(2)18-11-13-10-14(5-6-16(13)17)19-8-7-15-4-3-9-20-15/h3-6,9-10,12,18H,7-8,11H2,1-2H3. The number of hydrogen-bond donors (Lipinski definition) is 1. The van der Waals surface area contributed by atoms with Gasteiger partial charge in [0.2, 0.25) is 0 Å². The highest BCUT2D eigenvalue weighted by molar-refractivity contribution is 9.10. The summed E-state index contributed by atoms with van der Waals surface area (Å²) in [6, 6.07) is 10.9. The van der Waals surface area contributed by atoms with E-state index in [-0.39, 0.29) is 0 Å². The van der Waals surface area contributed by atoms with E-state index in [1.165, 1.54) is 10.4 Å². The molecule has 0 fully saturated rings. The maximum absolute atomic E-state index is 5.84. The quantitative estimate of drug-likeness (QED) is 0.783. The highest BCUT2D eigenvalue weighted by Gasteiger charge is 2.04. The van der Waals surface area contributed by atoms with E-state index >= 15 is 0 Å². The molecule has 1 aromatic heterocycles. The molecule has 2 aromatic rings. The van der Waals surface area contributed by atoms with Gasteiger partial charge >= 0.3 is 0 Å². The zero-order chi connectivity index (χ0) is 14.4. The molecule has 0 radical (unpaired) electrons. The molecule has 4 heteroatoms. The average Bonchev–Trinajstić information content (AvgIpc) is 2.92. The third-order valence-electron chi connectivity index (χ3n) is 2.92. The Kier molecular flexibility index (Phi) is 6.07. The van der Waals surface area contributed by atoms with Crippen LogP contribution in [0.2, 0.25) is 0 Å². The molecule has 0 bridgehead atoms. The largest absolute Gasteiger partial charge is 0.493 e. The van der Waals surface area contributed by atoms with Gasteiger partial charge in [-0.1, -0.05) is 35.8 Å². The van der Waals surface area contributed by atoms with E-state index in [0.29, 0.717) is 6.04 Å². The van der Waals surface area contributed by atoms with E-state index < -0.39 is 0 Å². The molecule has 20 heavy (non-hydrogen) atoms. The molecular weight excluding hydrogens is 334 g/mol. The number of thiophene rings is 1. The van der Waals surface area contributed by atoms with Gasteiger partial charge in [0.05, 0.1) is 6.61 Å². The SMILES string of the molecule is CC(C)NCc1cc(OCCc2cccs2)ccc1Br. The van der Waals surface area contributed by atoms with Gasteiger partial charge in [-0.15, -0.1) is 11.3 Å². The van der Waals surface area contributed by atoms with Crippen LogP contribution in [0.25, 0.3) is 0 Å². The average molecular weight is 354 g/mol. The lowest BCUT2D eigenvalue weighted by molar-refractivity contribution is 0.322.